The molecule has 3 rings (SSSR count). The lowest BCUT2D eigenvalue weighted by atomic mass is 10.2. The summed E-state index contributed by atoms with van der Waals surface area (Å²) in [4.78, 5) is 15.7. The van der Waals surface area contributed by atoms with Gasteiger partial charge in [0.05, 0.1) is 18.4 Å². The van der Waals surface area contributed by atoms with Crippen molar-refractivity contribution in [3.05, 3.63) is 34.7 Å². The molecule has 0 atom stereocenters. The molecule has 0 aromatic carbocycles. The second-order valence-electron chi connectivity index (χ2n) is 4.65. The van der Waals surface area contributed by atoms with Crippen LogP contribution in [0.15, 0.2) is 23.2 Å². The van der Waals surface area contributed by atoms with Gasteiger partial charge in [0.15, 0.2) is 5.82 Å². The van der Waals surface area contributed by atoms with Gasteiger partial charge < -0.3 is 9.47 Å². The molecule has 0 bridgehead atoms. The van der Waals surface area contributed by atoms with E-state index in [2.05, 4.69) is 47.3 Å². The molecule has 1 aliphatic heterocycles. The fraction of sp³-hybridized carbons (Fsp3) is 0.462. The number of aromatic nitrogens is 4. The highest BCUT2D eigenvalue weighted by Gasteiger charge is 2.22. The van der Waals surface area contributed by atoms with E-state index in [1.165, 1.54) is 0 Å². The van der Waals surface area contributed by atoms with Crippen LogP contribution in [0.1, 0.15) is 24.9 Å². The zero-order chi connectivity index (χ0) is 13.2. The maximum atomic E-state index is 4.52. The number of fused-ring (bicyclic) bond motifs is 1. The molecule has 19 heavy (non-hydrogen) atoms. The standard InChI is InChI=1S/C13H16BrN5/c1-2-3-10-13(16-5-4-15-10)18-6-7-19-11(14)8-17-12(19)9-18/h4-5,8H,2-3,6-7,9H2,1H3. The maximum Gasteiger partial charge on any atom is 0.150 e. The van der Waals surface area contributed by atoms with Crippen LogP contribution in [0.5, 0.6) is 0 Å². The van der Waals surface area contributed by atoms with Crippen molar-refractivity contribution in [2.45, 2.75) is 32.9 Å². The molecule has 2 aromatic heterocycles. The number of halogens is 1. The Morgan fingerprint density at radius 2 is 2.05 bits per heavy atom. The number of hydrogen-bond donors (Lipinski definition) is 0. The number of nitrogens with zero attached hydrogens (tertiary/aromatic N) is 5. The molecule has 3 heterocycles. The van der Waals surface area contributed by atoms with Gasteiger partial charge in [0.1, 0.15) is 10.4 Å². The van der Waals surface area contributed by atoms with Crippen LogP contribution < -0.4 is 4.90 Å². The van der Waals surface area contributed by atoms with Gasteiger partial charge in [-0.3, -0.25) is 4.98 Å². The van der Waals surface area contributed by atoms with E-state index in [9.17, 15) is 0 Å². The van der Waals surface area contributed by atoms with Crippen molar-refractivity contribution in [1.82, 2.24) is 19.5 Å². The Morgan fingerprint density at radius 3 is 2.89 bits per heavy atom. The van der Waals surface area contributed by atoms with E-state index < -0.39 is 0 Å². The summed E-state index contributed by atoms with van der Waals surface area (Å²) in [7, 11) is 0. The molecule has 2 aromatic rings. The molecule has 0 radical (unpaired) electrons. The van der Waals surface area contributed by atoms with Gasteiger partial charge in [-0.15, -0.1) is 0 Å². The summed E-state index contributed by atoms with van der Waals surface area (Å²) in [5.74, 6) is 2.08. The highest BCUT2D eigenvalue weighted by Crippen LogP contribution is 2.24. The third kappa shape index (κ3) is 2.36. The van der Waals surface area contributed by atoms with Crippen LogP contribution in [0, 0.1) is 0 Å². The zero-order valence-corrected chi connectivity index (χ0v) is 12.5. The largest absolute Gasteiger partial charge is 0.346 e. The van der Waals surface area contributed by atoms with Gasteiger partial charge in [-0.1, -0.05) is 13.3 Å². The Kier molecular flexibility index (Phi) is 3.50. The van der Waals surface area contributed by atoms with Crippen LogP contribution in [0.2, 0.25) is 0 Å². The maximum absolute atomic E-state index is 4.52. The first-order chi connectivity index (χ1) is 9.29. The van der Waals surface area contributed by atoms with Crippen molar-refractivity contribution in [2.75, 3.05) is 11.4 Å². The minimum Gasteiger partial charge on any atom is -0.346 e. The summed E-state index contributed by atoms with van der Waals surface area (Å²) in [6, 6.07) is 0. The first-order valence-corrected chi connectivity index (χ1v) is 7.33. The average molecular weight is 322 g/mol. The van der Waals surface area contributed by atoms with Gasteiger partial charge in [-0.05, 0) is 22.4 Å². The third-order valence-corrected chi connectivity index (χ3v) is 3.99. The van der Waals surface area contributed by atoms with Gasteiger partial charge in [-0.25, -0.2) is 9.97 Å². The number of imidazole rings is 1. The number of aryl methyl sites for hydroxylation is 1. The second-order valence-corrected chi connectivity index (χ2v) is 5.46. The van der Waals surface area contributed by atoms with E-state index in [4.69, 9.17) is 0 Å². The Labute approximate surface area is 120 Å². The summed E-state index contributed by atoms with van der Waals surface area (Å²) >= 11 is 3.52. The van der Waals surface area contributed by atoms with Crippen molar-refractivity contribution < 1.29 is 0 Å². The first-order valence-electron chi connectivity index (χ1n) is 6.54. The van der Waals surface area contributed by atoms with Gasteiger partial charge in [0.25, 0.3) is 0 Å². The predicted octanol–water partition coefficient (Wildman–Crippen LogP) is 2.41. The minimum absolute atomic E-state index is 0.793. The van der Waals surface area contributed by atoms with Crippen molar-refractivity contribution in [3.8, 4) is 0 Å². The highest BCUT2D eigenvalue weighted by molar-refractivity contribution is 9.10. The van der Waals surface area contributed by atoms with Crippen LogP contribution >= 0.6 is 15.9 Å². The fourth-order valence-corrected chi connectivity index (χ4v) is 2.92. The van der Waals surface area contributed by atoms with Crippen molar-refractivity contribution >= 4 is 21.7 Å². The zero-order valence-electron chi connectivity index (χ0n) is 10.9. The highest BCUT2D eigenvalue weighted by atomic mass is 79.9. The van der Waals surface area contributed by atoms with E-state index in [-0.39, 0.29) is 0 Å². The summed E-state index contributed by atoms with van der Waals surface area (Å²) in [6.07, 6.45) is 7.46. The van der Waals surface area contributed by atoms with Crippen molar-refractivity contribution in [2.24, 2.45) is 0 Å². The molecule has 0 N–H and O–H groups in total. The molecule has 0 amide bonds. The van der Waals surface area contributed by atoms with E-state index in [1.807, 2.05) is 6.20 Å². The van der Waals surface area contributed by atoms with Crippen molar-refractivity contribution in [3.63, 3.8) is 0 Å². The Balaban J connectivity index is 1.89. The smallest absolute Gasteiger partial charge is 0.150 e. The lowest BCUT2D eigenvalue weighted by Gasteiger charge is -2.29. The lowest BCUT2D eigenvalue weighted by molar-refractivity contribution is 0.546. The summed E-state index contributed by atoms with van der Waals surface area (Å²) in [5, 5.41) is 0. The summed E-state index contributed by atoms with van der Waals surface area (Å²) in [6.45, 7) is 4.83. The van der Waals surface area contributed by atoms with Gasteiger partial charge in [0.2, 0.25) is 0 Å². The number of rotatable bonds is 3. The van der Waals surface area contributed by atoms with E-state index in [0.717, 1.165) is 54.4 Å². The minimum atomic E-state index is 0.793. The molecule has 6 heteroatoms. The normalized spacial score (nSPS) is 14.5. The molecule has 0 saturated heterocycles. The van der Waals surface area contributed by atoms with E-state index >= 15 is 0 Å². The summed E-state index contributed by atoms with van der Waals surface area (Å²) < 4.78 is 3.25. The first kappa shape index (κ1) is 12.6. The van der Waals surface area contributed by atoms with Gasteiger partial charge in [-0.2, -0.15) is 0 Å². The molecule has 0 spiro atoms. The second kappa shape index (κ2) is 5.28. The SMILES string of the molecule is CCCc1nccnc1N1CCn2c(Br)cnc2C1. The topological polar surface area (TPSA) is 46.8 Å². The molecule has 0 aliphatic carbocycles. The Bertz CT molecular complexity index is 580. The van der Waals surface area contributed by atoms with Gasteiger partial charge >= 0.3 is 0 Å². The van der Waals surface area contributed by atoms with Crippen LogP contribution in [-0.4, -0.2) is 26.1 Å². The van der Waals surface area contributed by atoms with E-state index in [0.29, 0.717) is 0 Å². The van der Waals surface area contributed by atoms with Crippen LogP contribution in [0.3, 0.4) is 0 Å². The summed E-state index contributed by atoms with van der Waals surface area (Å²) in [5.41, 5.74) is 1.09. The third-order valence-electron chi connectivity index (χ3n) is 3.35. The Morgan fingerprint density at radius 1 is 1.21 bits per heavy atom. The Hall–Kier alpha value is -1.43. The molecule has 1 aliphatic rings. The van der Waals surface area contributed by atoms with Crippen LogP contribution in [0.4, 0.5) is 5.82 Å². The number of hydrogen-bond acceptors (Lipinski definition) is 4. The predicted molar refractivity (Wildman–Crippen MR) is 77.0 cm³/mol. The molecule has 5 nitrogen and oxygen atoms in total. The monoisotopic (exact) mass is 321 g/mol. The quantitative estimate of drug-likeness (QED) is 0.871. The molecular weight excluding hydrogens is 306 g/mol. The molecular formula is C13H16BrN5. The van der Waals surface area contributed by atoms with E-state index in [1.54, 1.807) is 12.4 Å². The fourth-order valence-electron chi connectivity index (χ4n) is 2.44. The van der Waals surface area contributed by atoms with Crippen LogP contribution in [-0.2, 0) is 19.5 Å². The van der Waals surface area contributed by atoms with Crippen LogP contribution in [0.25, 0.3) is 0 Å². The number of anilines is 1. The average Bonchev–Trinajstić information content (AvgIpc) is 2.81. The molecule has 0 saturated carbocycles. The molecule has 100 valence electrons. The lowest BCUT2D eigenvalue weighted by Crippen LogP contribution is -2.35. The molecule has 0 fully saturated rings. The van der Waals surface area contributed by atoms with Crippen molar-refractivity contribution in [1.29, 1.82) is 0 Å². The van der Waals surface area contributed by atoms with Gasteiger partial charge in [0, 0.05) is 25.5 Å². The molecule has 0 unspecified atom stereocenters.